The minimum atomic E-state index is 0.540. The van der Waals surface area contributed by atoms with Gasteiger partial charge in [-0.1, -0.05) is 69.7 Å². The third kappa shape index (κ3) is 3.33. The molecule has 1 saturated carbocycles. The molecule has 0 heterocycles. The lowest BCUT2D eigenvalue weighted by atomic mass is 9.92. The summed E-state index contributed by atoms with van der Waals surface area (Å²) in [5, 5.41) is 0. The lowest BCUT2D eigenvalue weighted by Gasteiger charge is -2.21. The molecule has 1 aromatic carbocycles. The first-order valence-electron chi connectivity index (χ1n) is 6.17. The molecule has 0 amide bonds. The van der Waals surface area contributed by atoms with Crippen LogP contribution >= 0.6 is 31.9 Å². The van der Waals surface area contributed by atoms with Gasteiger partial charge in [0.2, 0.25) is 0 Å². The van der Waals surface area contributed by atoms with Crippen molar-refractivity contribution in [2.75, 3.05) is 0 Å². The second-order valence-corrected chi connectivity index (χ2v) is 6.61. The van der Waals surface area contributed by atoms with E-state index in [2.05, 4.69) is 56.1 Å². The van der Waals surface area contributed by atoms with Crippen molar-refractivity contribution in [2.24, 2.45) is 5.92 Å². The smallest absolute Gasteiger partial charge is 0.0423 e. The van der Waals surface area contributed by atoms with Gasteiger partial charge in [-0.3, -0.25) is 0 Å². The molecule has 1 aromatic rings. The largest absolute Gasteiger partial charge is 0.0836 e. The minimum absolute atomic E-state index is 0.540. The van der Waals surface area contributed by atoms with Crippen LogP contribution in [-0.2, 0) is 0 Å². The van der Waals surface area contributed by atoms with Gasteiger partial charge in [-0.15, -0.1) is 0 Å². The highest BCUT2D eigenvalue weighted by atomic mass is 79.9. The Balaban J connectivity index is 2.04. The number of hydrogen-bond donors (Lipinski definition) is 0. The first-order valence-corrected chi connectivity index (χ1v) is 7.88. The van der Waals surface area contributed by atoms with Gasteiger partial charge in [-0.25, -0.2) is 0 Å². The summed E-state index contributed by atoms with van der Waals surface area (Å²) < 4.78 is 1.16. The van der Waals surface area contributed by atoms with Crippen molar-refractivity contribution in [1.82, 2.24) is 0 Å². The van der Waals surface area contributed by atoms with E-state index in [9.17, 15) is 0 Å². The maximum absolute atomic E-state index is 3.89. The Morgan fingerprint density at radius 2 is 1.50 bits per heavy atom. The van der Waals surface area contributed by atoms with Crippen LogP contribution in [0.1, 0.15) is 48.9 Å². The zero-order valence-electron chi connectivity index (χ0n) is 9.46. The molecule has 1 unspecified atom stereocenters. The standard InChI is InChI=1S/C14H18Br2/c15-13-9-7-12(8-10-13)14(16)11-5-3-1-2-4-6-11/h7-11,14H,1-6H2. The van der Waals surface area contributed by atoms with E-state index in [1.54, 1.807) is 0 Å². The normalized spacial score (nSPS) is 20.4. The van der Waals surface area contributed by atoms with Gasteiger partial charge in [0.25, 0.3) is 0 Å². The highest BCUT2D eigenvalue weighted by Crippen LogP contribution is 2.39. The summed E-state index contributed by atoms with van der Waals surface area (Å²) in [5.41, 5.74) is 1.43. The molecule has 88 valence electrons. The summed E-state index contributed by atoms with van der Waals surface area (Å²) in [6.45, 7) is 0. The van der Waals surface area contributed by atoms with Crippen LogP contribution in [0.5, 0.6) is 0 Å². The molecule has 1 fully saturated rings. The van der Waals surface area contributed by atoms with Crippen LogP contribution in [-0.4, -0.2) is 0 Å². The van der Waals surface area contributed by atoms with Crippen molar-refractivity contribution in [3.8, 4) is 0 Å². The summed E-state index contributed by atoms with van der Waals surface area (Å²) in [7, 11) is 0. The Labute approximate surface area is 115 Å². The molecule has 0 N–H and O–H groups in total. The molecule has 16 heavy (non-hydrogen) atoms. The highest BCUT2D eigenvalue weighted by molar-refractivity contribution is 9.10. The number of halogens is 2. The lowest BCUT2D eigenvalue weighted by molar-refractivity contribution is 0.454. The molecule has 1 aliphatic carbocycles. The van der Waals surface area contributed by atoms with Gasteiger partial charge in [-0.2, -0.15) is 0 Å². The van der Waals surface area contributed by atoms with Gasteiger partial charge in [0.1, 0.15) is 0 Å². The topological polar surface area (TPSA) is 0 Å². The van der Waals surface area contributed by atoms with Gasteiger partial charge in [0.05, 0.1) is 0 Å². The van der Waals surface area contributed by atoms with Crippen molar-refractivity contribution < 1.29 is 0 Å². The molecule has 0 aliphatic heterocycles. The van der Waals surface area contributed by atoms with E-state index in [1.165, 1.54) is 44.1 Å². The fourth-order valence-electron chi connectivity index (χ4n) is 2.52. The number of hydrogen-bond acceptors (Lipinski definition) is 0. The summed E-state index contributed by atoms with van der Waals surface area (Å²) in [5.74, 6) is 0.823. The van der Waals surface area contributed by atoms with Crippen LogP contribution in [0.15, 0.2) is 28.7 Å². The predicted octanol–water partition coefficient (Wildman–Crippen LogP) is 5.86. The second-order valence-electron chi connectivity index (χ2n) is 4.70. The van der Waals surface area contributed by atoms with Crippen LogP contribution in [0.4, 0.5) is 0 Å². The van der Waals surface area contributed by atoms with Gasteiger partial charge in [-0.05, 0) is 36.5 Å². The van der Waals surface area contributed by atoms with Crippen molar-refractivity contribution in [1.29, 1.82) is 0 Å². The SMILES string of the molecule is Brc1ccc(C(Br)C2CCCCCC2)cc1. The second kappa shape index (κ2) is 6.20. The van der Waals surface area contributed by atoms with E-state index in [4.69, 9.17) is 0 Å². The van der Waals surface area contributed by atoms with E-state index in [1.807, 2.05) is 0 Å². The summed E-state index contributed by atoms with van der Waals surface area (Å²) in [6, 6.07) is 8.74. The first kappa shape index (κ1) is 12.6. The van der Waals surface area contributed by atoms with E-state index >= 15 is 0 Å². The molecule has 0 saturated heterocycles. The molecular formula is C14H18Br2. The zero-order chi connectivity index (χ0) is 11.4. The van der Waals surface area contributed by atoms with E-state index in [-0.39, 0.29) is 0 Å². The van der Waals surface area contributed by atoms with Crippen molar-refractivity contribution in [3.05, 3.63) is 34.3 Å². The van der Waals surface area contributed by atoms with Crippen molar-refractivity contribution in [2.45, 2.75) is 43.4 Å². The van der Waals surface area contributed by atoms with Crippen LogP contribution in [0, 0.1) is 5.92 Å². The van der Waals surface area contributed by atoms with Gasteiger partial charge in [0.15, 0.2) is 0 Å². The maximum atomic E-state index is 3.89. The third-order valence-corrected chi connectivity index (χ3v) is 5.31. The van der Waals surface area contributed by atoms with Crippen LogP contribution in [0.25, 0.3) is 0 Å². The predicted molar refractivity (Wildman–Crippen MR) is 77.0 cm³/mol. The van der Waals surface area contributed by atoms with Crippen LogP contribution in [0.3, 0.4) is 0 Å². The molecule has 0 aromatic heterocycles. The fourth-order valence-corrected chi connectivity index (χ4v) is 3.62. The molecule has 2 rings (SSSR count). The zero-order valence-corrected chi connectivity index (χ0v) is 12.6. The molecule has 2 heteroatoms. The Bertz CT molecular complexity index is 310. The monoisotopic (exact) mass is 344 g/mol. The van der Waals surface area contributed by atoms with Crippen LogP contribution in [0.2, 0.25) is 0 Å². The van der Waals surface area contributed by atoms with Gasteiger partial charge >= 0.3 is 0 Å². The van der Waals surface area contributed by atoms with E-state index < -0.39 is 0 Å². The quantitative estimate of drug-likeness (QED) is 0.465. The summed E-state index contributed by atoms with van der Waals surface area (Å²) in [4.78, 5) is 0.540. The molecular weight excluding hydrogens is 328 g/mol. The molecule has 0 bridgehead atoms. The van der Waals surface area contributed by atoms with E-state index in [0.29, 0.717) is 4.83 Å². The van der Waals surface area contributed by atoms with Crippen molar-refractivity contribution in [3.63, 3.8) is 0 Å². The van der Waals surface area contributed by atoms with E-state index in [0.717, 1.165) is 10.4 Å². The van der Waals surface area contributed by atoms with Crippen molar-refractivity contribution >= 4 is 31.9 Å². The molecule has 0 spiro atoms. The maximum Gasteiger partial charge on any atom is 0.0423 e. The molecule has 1 atom stereocenters. The average Bonchev–Trinajstić information content (AvgIpc) is 2.57. The van der Waals surface area contributed by atoms with Crippen LogP contribution < -0.4 is 0 Å². The lowest BCUT2D eigenvalue weighted by Crippen LogP contribution is -2.06. The summed E-state index contributed by atoms with van der Waals surface area (Å²) in [6.07, 6.45) is 8.43. The minimum Gasteiger partial charge on any atom is -0.0836 e. The average molecular weight is 346 g/mol. The summed E-state index contributed by atoms with van der Waals surface area (Å²) >= 11 is 7.38. The number of alkyl halides is 1. The Morgan fingerprint density at radius 3 is 2.06 bits per heavy atom. The highest BCUT2D eigenvalue weighted by Gasteiger charge is 2.21. The number of benzene rings is 1. The first-order chi connectivity index (χ1) is 7.77. The number of rotatable bonds is 2. The molecule has 0 nitrogen and oxygen atoms in total. The Kier molecular flexibility index (Phi) is 4.90. The molecule has 0 radical (unpaired) electrons. The Hall–Kier alpha value is 0.180. The molecule has 1 aliphatic rings. The fraction of sp³-hybridized carbons (Fsp3) is 0.571. The van der Waals surface area contributed by atoms with Gasteiger partial charge in [0, 0.05) is 9.30 Å². The van der Waals surface area contributed by atoms with Gasteiger partial charge < -0.3 is 0 Å². The third-order valence-electron chi connectivity index (χ3n) is 3.50. The Morgan fingerprint density at radius 1 is 0.938 bits per heavy atom.